The van der Waals surface area contributed by atoms with Gasteiger partial charge in [-0.15, -0.1) is 0 Å². The van der Waals surface area contributed by atoms with E-state index < -0.39 is 5.54 Å². The zero-order valence-electron chi connectivity index (χ0n) is 10.9. The van der Waals surface area contributed by atoms with Gasteiger partial charge < -0.3 is 19.9 Å². The zero-order chi connectivity index (χ0) is 12.9. The first-order valence-corrected chi connectivity index (χ1v) is 5.61. The molecule has 0 saturated heterocycles. The predicted molar refractivity (Wildman–Crippen MR) is 67.6 cm³/mol. The summed E-state index contributed by atoms with van der Waals surface area (Å²) in [5.74, 6) is 1.52. The van der Waals surface area contributed by atoms with Crippen molar-refractivity contribution in [3.8, 4) is 11.5 Å². The smallest absolute Gasteiger partial charge is 0.124 e. The molecule has 17 heavy (non-hydrogen) atoms. The molecule has 4 heteroatoms. The van der Waals surface area contributed by atoms with Crippen molar-refractivity contribution >= 4 is 0 Å². The highest BCUT2D eigenvalue weighted by Gasteiger charge is 2.29. The molecule has 1 aromatic rings. The Bertz CT molecular complexity index is 368. The maximum Gasteiger partial charge on any atom is 0.124 e. The maximum absolute atomic E-state index is 6.37. The van der Waals surface area contributed by atoms with Gasteiger partial charge in [0.25, 0.3) is 0 Å². The second kappa shape index (κ2) is 5.89. The van der Waals surface area contributed by atoms with Crippen LogP contribution in [-0.4, -0.2) is 27.9 Å². The number of nitrogens with two attached hydrogens (primary N) is 1. The van der Waals surface area contributed by atoms with Crippen LogP contribution in [0.2, 0.25) is 0 Å². The summed E-state index contributed by atoms with van der Waals surface area (Å²) in [4.78, 5) is 0. The topological polar surface area (TPSA) is 53.7 Å². The number of rotatable bonds is 6. The van der Waals surface area contributed by atoms with E-state index in [1.807, 2.05) is 25.1 Å². The fourth-order valence-corrected chi connectivity index (χ4v) is 1.83. The third-order valence-corrected chi connectivity index (χ3v) is 2.98. The van der Waals surface area contributed by atoms with Crippen molar-refractivity contribution in [1.82, 2.24) is 0 Å². The van der Waals surface area contributed by atoms with Crippen molar-refractivity contribution in [2.75, 3.05) is 27.9 Å². The molecular weight excluding hydrogens is 218 g/mol. The lowest BCUT2D eigenvalue weighted by Crippen LogP contribution is -2.40. The van der Waals surface area contributed by atoms with Gasteiger partial charge in [0.15, 0.2) is 0 Å². The van der Waals surface area contributed by atoms with Crippen LogP contribution in [0.15, 0.2) is 18.2 Å². The van der Waals surface area contributed by atoms with Gasteiger partial charge in [0.1, 0.15) is 11.5 Å². The zero-order valence-corrected chi connectivity index (χ0v) is 10.9. The first-order valence-electron chi connectivity index (χ1n) is 5.61. The fraction of sp³-hybridized carbons (Fsp3) is 0.538. The van der Waals surface area contributed by atoms with Crippen molar-refractivity contribution in [3.63, 3.8) is 0 Å². The van der Waals surface area contributed by atoms with Crippen LogP contribution in [0, 0.1) is 0 Å². The van der Waals surface area contributed by atoms with Crippen LogP contribution in [0.3, 0.4) is 0 Å². The van der Waals surface area contributed by atoms with E-state index in [0.29, 0.717) is 6.61 Å². The second-order valence-electron chi connectivity index (χ2n) is 4.01. The molecule has 96 valence electrons. The summed E-state index contributed by atoms with van der Waals surface area (Å²) < 4.78 is 15.8. The Morgan fingerprint density at radius 1 is 1.18 bits per heavy atom. The quantitative estimate of drug-likeness (QED) is 0.824. The molecule has 1 rings (SSSR count). The molecule has 4 nitrogen and oxygen atoms in total. The Morgan fingerprint density at radius 2 is 1.88 bits per heavy atom. The highest BCUT2D eigenvalue weighted by Crippen LogP contribution is 2.33. The molecule has 0 heterocycles. The van der Waals surface area contributed by atoms with Gasteiger partial charge in [-0.2, -0.15) is 0 Å². The predicted octanol–water partition coefficient (Wildman–Crippen LogP) is 1.91. The molecule has 2 N–H and O–H groups in total. The molecule has 0 radical (unpaired) electrons. The summed E-state index contributed by atoms with van der Waals surface area (Å²) in [5.41, 5.74) is 6.71. The molecule has 1 atom stereocenters. The van der Waals surface area contributed by atoms with Crippen LogP contribution in [0.25, 0.3) is 0 Å². The van der Waals surface area contributed by atoms with Crippen molar-refractivity contribution in [3.05, 3.63) is 23.8 Å². The van der Waals surface area contributed by atoms with Gasteiger partial charge in [-0.1, -0.05) is 6.92 Å². The third kappa shape index (κ3) is 2.90. The molecule has 0 aliphatic rings. The van der Waals surface area contributed by atoms with E-state index in [-0.39, 0.29) is 0 Å². The largest absolute Gasteiger partial charge is 0.497 e. The van der Waals surface area contributed by atoms with Gasteiger partial charge in [0.2, 0.25) is 0 Å². The van der Waals surface area contributed by atoms with Crippen molar-refractivity contribution in [1.29, 1.82) is 0 Å². The van der Waals surface area contributed by atoms with E-state index in [4.69, 9.17) is 19.9 Å². The van der Waals surface area contributed by atoms with Crippen LogP contribution < -0.4 is 15.2 Å². The van der Waals surface area contributed by atoms with Crippen molar-refractivity contribution < 1.29 is 14.2 Å². The highest BCUT2D eigenvalue weighted by molar-refractivity contribution is 5.44. The Balaban J connectivity index is 3.24. The summed E-state index contributed by atoms with van der Waals surface area (Å²) in [7, 11) is 4.91. The lowest BCUT2D eigenvalue weighted by molar-refractivity contribution is 0.127. The maximum atomic E-state index is 6.37. The van der Waals surface area contributed by atoms with E-state index in [1.54, 1.807) is 21.3 Å². The average Bonchev–Trinajstić information content (AvgIpc) is 2.38. The van der Waals surface area contributed by atoms with Gasteiger partial charge in [-0.05, 0) is 24.6 Å². The fourth-order valence-electron chi connectivity index (χ4n) is 1.83. The first-order chi connectivity index (χ1) is 8.11. The molecule has 0 fully saturated rings. The lowest BCUT2D eigenvalue weighted by Gasteiger charge is -2.29. The molecule has 1 unspecified atom stereocenters. The first kappa shape index (κ1) is 13.8. The summed E-state index contributed by atoms with van der Waals surface area (Å²) in [6.07, 6.45) is 0.754. The van der Waals surface area contributed by atoms with Crippen LogP contribution in [0.1, 0.15) is 18.9 Å². The van der Waals surface area contributed by atoms with E-state index in [9.17, 15) is 0 Å². The molecule has 0 aliphatic heterocycles. The Kier molecular flexibility index (Phi) is 4.78. The van der Waals surface area contributed by atoms with Crippen LogP contribution in [0.4, 0.5) is 0 Å². The Labute approximate surface area is 103 Å². The van der Waals surface area contributed by atoms with E-state index >= 15 is 0 Å². The van der Waals surface area contributed by atoms with Gasteiger partial charge in [0, 0.05) is 12.7 Å². The number of hydrogen-bond acceptors (Lipinski definition) is 4. The summed E-state index contributed by atoms with van der Waals surface area (Å²) >= 11 is 0. The van der Waals surface area contributed by atoms with Crippen molar-refractivity contribution in [2.24, 2.45) is 5.73 Å². The Hall–Kier alpha value is -1.26. The summed E-state index contributed by atoms with van der Waals surface area (Å²) in [6, 6.07) is 5.62. The molecule has 0 saturated carbocycles. The molecule has 0 aromatic heterocycles. The van der Waals surface area contributed by atoms with Crippen molar-refractivity contribution in [2.45, 2.75) is 18.9 Å². The normalized spacial score (nSPS) is 14.2. The van der Waals surface area contributed by atoms with Crippen LogP contribution >= 0.6 is 0 Å². The monoisotopic (exact) mass is 239 g/mol. The minimum atomic E-state index is -0.561. The molecule has 0 spiro atoms. The van der Waals surface area contributed by atoms with E-state index in [2.05, 4.69) is 0 Å². The van der Waals surface area contributed by atoms with Gasteiger partial charge in [-0.25, -0.2) is 0 Å². The summed E-state index contributed by atoms with van der Waals surface area (Å²) in [5, 5.41) is 0. The molecule has 0 bridgehead atoms. The number of hydrogen-bond donors (Lipinski definition) is 1. The average molecular weight is 239 g/mol. The second-order valence-corrected chi connectivity index (χ2v) is 4.01. The minimum Gasteiger partial charge on any atom is -0.497 e. The molecule has 1 aromatic carbocycles. The third-order valence-electron chi connectivity index (χ3n) is 2.98. The van der Waals surface area contributed by atoms with Gasteiger partial charge in [0.05, 0.1) is 26.4 Å². The van der Waals surface area contributed by atoms with Gasteiger partial charge >= 0.3 is 0 Å². The standard InChI is InChI=1S/C13H21NO3/c1-5-13(14,9-15-2)11-8-10(16-3)6-7-12(11)17-4/h6-8H,5,9,14H2,1-4H3. The number of ether oxygens (including phenoxy) is 3. The molecule has 0 aliphatic carbocycles. The molecule has 0 amide bonds. The van der Waals surface area contributed by atoms with Crippen LogP contribution in [0.5, 0.6) is 11.5 Å². The number of methoxy groups -OCH3 is 3. The highest BCUT2D eigenvalue weighted by atomic mass is 16.5. The minimum absolute atomic E-state index is 0.438. The number of benzene rings is 1. The van der Waals surface area contributed by atoms with Gasteiger partial charge in [-0.3, -0.25) is 0 Å². The van der Waals surface area contributed by atoms with E-state index in [0.717, 1.165) is 23.5 Å². The van der Waals surface area contributed by atoms with Crippen LogP contribution in [-0.2, 0) is 10.3 Å². The Morgan fingerprint density at radius 3 is 2.35 bits per heavy atom. The van der Waals surface area contributed by atoms with E-state index in [1.165, 1.54) is 0 Å². The molecular formula is C13H21NO3. The lowest BCUT2D eigenvalue weighted by atomic mass is 9.88. The SMILES string of the molecule is CCC(N)(COC)c1cc(OC)ccc1OC. The summed E-state index contributed by atoms with van der Waals surface area (Å²) in [6.45, 7) is 2.46.